The lowest BCUT2D eigenvalue weighted by molar-refractivity contribution is 0.0913. The summed E-state index contributed by atoms with van der Waals surface area (Å²) in [6.45, 7) is 16.5. The number of carbonyl (C=O) groups excluding carboxylic acids is 1. The van der Waals surface area contributed by atoms with Gasteiger partial charge in [0.2, 0.25) is 0 Å². The van der Waals surface area contributed by atoms with Gasteiger partial charge in [-0.1, -0.05) is 51.5 Å². The molecule has 1 aliphatic rings. The zero-order valence-corrected chi connectivity index (χ0v) is 20.6. The van der Waals surface area contributed by atoms with Gasteiger partial charge in [0.05, 0.1) is 6.54 Å². The maximum Gasteiger partial charge on any atom is 0.287 e. The molecule has 5 nitrogen and oxygen atoms in total. The molecular formula is C27H41N3O2. The van der Waals surface area contributed by atoms with Crippen LogP contribution in [0.15, 0.2) is 40.8 Å². The van der Waals surface area contributed by atoms with Gasteiger partial charge >= 0.3 is 0 Å². The fraction of sp³-hybridized carbons (Fsp3) is 0.593. The molecule has 0 bridgehead atoms. The third kappa shape index (κ3) is 7.21. The number of hydrogen-bond acceptors (Lipinski definition) is 4. The number of rotatable bonds is 9. The van der Waals surface area contributed by atoms with Gasteiger partial charge in [0, 0.05) is 25.7 Å². The first-order valence-electron chi connectivity index (χ1n) is 12.1. The fourth-order valence-electron chi connectivity index (χ4n) is 4.15. The van der Waals surface area contributed by atoms with Gasteiger partial charge in [0.25, 0.3) is 5.91 Å². The Morgan fingerprint density at radius 3 is 2.34 bits per heavy atom. The molecule has 1 aromatic heterocycles. The van der Waals surface area contributed by atoms with Crippen LogP contribution in [0, 0.1) is 0 Å². The Balaban J connectivity index is 1.52. The summed E-state index contributed by atoms with van der Waals surface area (Å²) in [5.74, 6) is 1.10. The average molecular weight is 440 g/mol. The van der Waals surface area contributed by atoms with E-state index in [-0.39, 0.29) is 11.3 Å². The molecular weight excluding hydrogens is 398 g/mol. The lowest BCUT2D eigenvalue weighted by Crippen LogP contribution is -2.37. The number of furan rings is 1. The molecule has 1 aliphatic heterocycles. The normalized spacial score (nSPS) is 15.5. The molecule has 0 saturated carbocycles. The number of amides is 1. The Kier molecular flexibility index (Phi) is 8.55. The third-order valence-electron chi connectivity index (χ3n) is 6.34. The summed E-state index contributed by atoms with van der Waals surface area (Å²) in [7, 11) is 0. The Morgan fingerprint density at radius 2 is 1.72 bits per heavy atom. The molecule has 0 spiro atoms. The molecule has 2 aromatic rings. The predicted molar refractivity (Wildman–Crippen MR) is 131 cm³/mol. The van der Waals surface area contributed by atoms with E-state index >= 15 is 0 Å². The highest BCUT2D eigenvalue weighted by molar-refractivity contribution is 5.91. The van der Waals surface area contributed by atoms with E-state index in [1.54, 1.807) is 6.07 Å². The maximum absolute atomic E-state index is 12.5. The van der Waals surface area contributed by atoms with Crippen molar-refractivity contribution < 1.29 is 9.21 Å². The number of piperidine rings is 1. The molecule has 1 fully saturated rings. The number of hydrogen-bond donors (Lipinski definition) is 1. The minimum atomic E-state index is -0.123. The second kappa shape index (κ2) is 11.2. The molecule has 3 rings (SSSR count). The number of benzene rings is 1. The molecule has 176 valence electrons. The summed E-state index contributed by atoms with van der Waals surface area (Å²) < 4.78 is 5.90. The van der Waals surface area contributed by atoms with Crippen LogP contribution in [-0.2, 0) is 18.5 Å². The molecule has 1 N–H and O–H groups in total. The molecule has 5 heteroatoms. The van der Waals surface area contributed by atoms with E-state index in [0.717, 1.165) is 31.9 Å². The maximum atomic E-state index is 12.5. The highest BCUT2D eigenvalue weighted by Crippen LogP contribution is 2.23. The molecule has 0 atom stereocenters. The highest BCUT2D eigenvalue weighted by atomic mass is 16.4. The van der Waals surface area contributed by atoms with E-state index in [9.17, 15) is 4.79 Å². The van der Waals surface area contributed by atoms with Gasteiger partial charge in [0.1, 0.15) is 5.76 Å². The van der Waals surface area contributed by atoms with E-state index in [0.29, 0.717) is 24.9 Å². The monoisotopic (exact) mass is 439 g/mol. The standard InChI is InChI=1S/C27H41N3O2/c1-21(2)30(19-22-9-11-23(12-10-22)27(3,4)5)20-24-13-14-25(32-24)26(31)28-15-18-29-16-7-6-8-17-29/h9-14,21H,6-8,15-20H2,1-5H3,(H,28,31). The summed E-state index contributed by atoms with van der Waals surface area (Å²) in [6, 6.07) is 13.0. The fourth-order valence-corrected chi connectivity index (χ4v) is 4.15. The van der Waals surface area contributed by atoms with Gasteiger partial charge in [-0.05, 0) is 68.5 Å². The average Bonchev–Trinajstić information content (AvgIpc) is 3.22. The highest BCUT2D eigenvalue weighted by Gasteiger charge is 2.18. The first kappa shape index (κ1) is 24.5. The van der Waals surface area contributed by atoms with Crippen LogP contribution in [0.25, 0.3) is 0 Å². The lowest BCUT2D eigenvalue weighted by Gasteiger charge is -2.26. The van der Waals surface area contributed by atoms with Crippen LogP contribution in [0.2, 0.25) is 0 Å². The van der Waals surface area contributed by atoms with E-state index < -0.39 is 0 Å². The predicted octanol–water partition coefficient (Wildman–Crippen LogP) is 5.20. The molecule has 32 heavy (non-hydrogen) atoms. The third-order valence-corrected chi connectivity index (χ3v) is 6.34. The van der Waals surface area contributed by atoms with Gasteiger partial charge in [-0.15, -0.1) is 0 Å². The minimum Gasteiger partial charge on any atom is -0.455 e. The van der Waals surface area contributed by atoms with E-state index in [1.807, 2.05) is 6.07 Å². The number of nitrogens with one attached hydrogen (secondary N) is 1. The van der Waals surface area contributed by atoms with Crippen molar-refractivity contribution in [1.82, 2.24) is 15.1 Å². The zero-order valence-electron chi connectivity index (χ0n) is 20.6. The van der Waals surface area contributed by atoms with Crippen LogP contribution >= 0.6 is 0 Å². The van der Waals surface area contributed by atoms with Crippen LogP contribution in [0.1, 0.15) is 81.3 Å². The first-order chi connectivity index (χ1) is 15.2. The minimum absolute atomic E-state index is 0.123. The Bertz CT molecular complexity index is 843. The zero-order chi connectivity index (χ0) is 23.1. The SMILES string of the molecule is CC(C)N(Cc1ccc(C(C)(C)C)cc1)Cc1ccc(C(=O)NCCN2CCCCC2)o1. The van der Waals surface area contributed by atoms with Crippen molar-refractivity contribution in [3.8, 4) is 0 Å². The van der Waals surface area contributed by atoms with Crippen LogP contribution in [-0.4, -0.2) is 47.9 Å². The summed E-state index contributed by atoms with van der Waals surface area (Å²) in [6.07, 6.45) is 3.86. The molecule has 1 aromatic carbocycles. The topological polar surface area (TPSA) is 48.7 Å². The molecule has 0 radical (unpaired) electrons. The summed E-state index contributed by atoms with van der Waals surface area (Å²) in [5.41, 5.74) is 2.79. The summed E-state index contributed by atoms with van der Waals surface area (Å²) in [4.78, 5) is 17.3. The number of nitrogens with zero attached hydrogens (tertiary/aromatic N) is 2. The van der Waals surface area contributed by atoms with Gasteiger partial charge < -0.3 is 14.6 Å². The summed E-state index contributed by atoms with van der Waals surface area (Å²) in [5, 5.41) is 3.00. The Morgan fingerprint density at radius 1 is 1.03 bits per heavy atom. The van der Waals surface area contributed by atoms with Gasteiger partial charge in [-0.2, -0.15) is 0 Å². The van der Waals surface area contributed by atoms with E-state index in [1.165, 1.54) is 30.4 Å². The van der Waals surface area contributed by atoms with Crippen molar-refractivity contribution in [2.24, 2.45) is 0 Å². The van der Waals surface area contributed by atoms with Crippen molar-refractivity contribution in [3.63, 3.8) is 0 Å². The quantitative estimate of drug-likeness (QED) is 0.583. The Hall–Kier alpha value is -2.11. The number of carbonyl (C=O) groups is 1. The van der Waals surface area contributed by atoms with Crippen LogP contribution in [0.4, 0.5) is 0 Å². The van der Waals surface area contributed by atoms with Gasteiger partial charge in [-0.3, -0.25) is 9.69 Å². The second-order valence-corrected chi connectivity index (χ2v) is 10.4. The van der Waals surface area contributed by atoms with Gasteiger partial charge in [0.15, 0.2) is 5.76 Å². The van der Waals surface area contributed by atoms with Crippen molar-refractivity contribution in [3.05, 3.63) is 59.0 Å². The molecule has 1 saturated heterocycles. The molecule has 1 amide bonds. The van der Waals surface area contributed by atoms with Crippen LogP contribution in [0.5, 0.6) is 0 Å². The van der Waals surface area contributed by atoms with E-state index in [4.69, 9.17) is 4.42 Å². The molecule has 2 heterocycles. The second-order valence-electron chi connectivity index (χ2n) is 10.4. The largest absolute Gasteiger partial charge is 0.455 e. The molecule has 0 aliphatic carbocycles. The lowest BCUT2D eigenvalue weighted by atomic mass is 9.87. The van der Waals surface area contributed by atoms with E-state index in [2.05, 4.69) is 74.0 Å². The van der Waals surface area contributed by atoms with Crippen molar-refractivity contribution >= 4 is 5.91 Å². The van der Waals surface area contributed by atoms with Crippen molar-refractivity contribution in [2.45, 2.75) is 78.4 Å². The first-order valence-corrected chi connectivity index (χ1v) is 12.1. The van der Waals surface area contributed by atoms with Crippen LogP contribution < -0.4 is 5.32 Å². The number of likely N-dealkylation sites (tertiary alicyclic amines) is 1. The smallest absolute Gasteiger partial charge is 0.287 e. The van der Waals surface area contributed by atoms with Crippen LogP contribution in [0.3, 0.4) is 0 Å². The van der Waals surface area contributed by atoms with Crippen molar-refractivity contribution in [1.29, 1.82) is 0 Å². The Labute approximate surface area is 194 Å². The summed E-state index contributed by atoms with van der Waals surface area (Å²) >= 11 is 0. The van der Waals surface area contributed by atoms with Crippen molar-refractivity contribution in [2.75, 3.05) is 26.2 Å². The molecule has 0 unspecified atom stereocenters. The van der Waals surface area contributed by atoms with Gasteiger partial charge in [-0.25, -0.2) is 0 Å².